The van der Waals surface area contributed by atoms with Crippen molar-refractivity contribution in [2.75, 3.05) is 39.9 Å². The van der Waals surface area contributed by atoms with E-state index in [1.807, 2.05) is 11.9 Å². The van der Waals surface area contributed by atoms with Crippen LogP contribution in [0.3, 0.4) is 0 Å². The average molecular weight is 291 g/mol. The quantitative estimate of drug-likeness (QED) is 0.838. The zero-order chi connectivity index (χ0) is 12.8. The number of halogens is 1. The smallest absolute Gasteiger partial charge is 0.222 e. The number of ether oxygens (including phenoxy) is 1. The number of rotatable bonds is 5. The fourth-order valence-corrected chi connectivity index (χ4v) is 2.91. The SMILES string of the molecule is CN(CC1CCOC1)C(=O)CCC1CCNCC1.Cl. The lowest BCUT2D eigenvalue weighted by molar-refractivity contribution is -0.130. The number of carbonyl (C=O) groups excluding carboxylic acids is 1. The van der Waals surface area contributed by atoms with Gasteiger partial charge in [0, 0.05) is 32.5 Å². The molecule has 0 aliphatic carbocycles. The first kappa shape index (κ1) is 16.7. The van der Waals surface area contributed by atoms with Crippen molar-refractivity contribution in [1.82, 2.24) is 10.2 Å². The fraction of sp³-hybridized carbons (Fsp3) is 0.929. The van der Waals surface area contributed by atoms with Gasteiger partial charge in [-0.2, -0.15) is 0 Å². The molecule has 2 fully saturated rings. The molecule has 5 heteroatoms. The van der Waals surface area contributed by atoms with Gasteiger partial charge in [-0.15, -0.1) is 12.4 Å². The highest BCUT2D eigenvalue weighted by Crippen LogP contribution is 2.19. The van der Waals surface area contributed by atoms with Crippen molar-refractivity contribution in [2.45, 2.75) is 32.1 Å². The van der Waals surface area contributed by atoms with Gasteiger partial charge in [0.15, 0.2) is 0 Å². The van der Waals surface area contributed by atoms with Crippen LogP contribution in [0.4, 0.5) is 0 Å². The van der Waals surface area contributed by atoms with Crippen molar-refractivity contribution in [1.29, 1.82) is 0 Å². The third kappa shape index (κ3) is 5.67. The van der Waals surface area contributed by atoms with Gasteiger partial charge in [0.05, 0.1) is 6.61 Å². The van der Waals surface area contributed by atoms with Crippen LogP contribution in [0, 0.1) is 11.8 Å². The predicted molar refractivity (Wildman–Crippen MR) is 78.6 cm³/mol. The number of amides is 1. The Hall–Kier alpha value is -0.320. The van der Waals surface area contributed by atoms with Gasteiger partial charge >= 0.3 is 0 Å². The summed E-state index contributed by atoms with van der Waals surface area (Å²) in [5, 5.41) is 3.36. The molecule has 1 N–H and O–H groups in total. The van der Waals surface area contributed by atoms with E-state index in [0.29, 0.717) is 11.8 Å². The van der Waals surface area contributed by atoms with Gasteiger partial charge in [-0.3, -0.25) is 4.79 Å². The Bertz CT molecular complexity index is 264. The molecule has 1 atom stereocenters. The van der Waals surface area contributed by atoms with E-state index in [2.05, 4.69) is 5.32 Å². The number of hydrogen-bond acceptors (Lipinski definition) is 3. The van der Waals surface area contributed by atoms with Crippen molar-refractivity contribution in [3.05, 3.63) is 0 Å². The Morgan fingerprint density at radius 1 is 1.26 bits per heavy atom. The van der Waals surface area contributed by atoms with Gasteiger partial charge in [-0.05, 0) is 44.7 Å². The van der Waals surface area contributed by atoms with Gasteiger partial charge < -0.3 is 15.0 Å². The molecular formula is C14H27ClN2O2. The maximum absolute atomic E-state index is 12.0. The molecule has 0 aromatic rings. The largest absolute Gasteiger partial charge is 0.381 e. The highest BCUT2D eigenvalue weighted by molar-refractivity contribution is 5.85. The van der Waals surface area contributed by atoms with Gasteiger partial charge in [-0.25, -0.2) is 0 Å². The van der Waals surface area contributed by atoms with Crippen molar-refractivity contribution in [3.63, 3.8) is 0 Å². The van der Waals surface area contributed by atoms with Gasteiger partial charge in [0.1, 0.15) is 0 Å². The minimum absolute atomic E-state index is 0. The predicted octanol–water partition coefficient (Wildman–Crippen LogP) is 1.68. The summed E-state index contributed by atoms with van der Waals surface area (Å²) in [4.78, 5) is 13.9. The van der Waals surface area contributed by atoms with Crippen molar-refractivity contribution in [3.8, 4) is 0 Å². The van der Waals surface area contributed by atoms with Crippen molar-refractivity contribution < 1.29 is 9.53 Å². The van der Waals surface area contributed by atoms with Gasteiger partial charge in [-0.1, -0.05) is 0 Å². The minimum atomic E-state index is 0. The Morgan fingerprint density at radius 2 is 2.00 bits per heavy atom. The van der Waals surface area contributed by atoms with Crippen LogP contribution < -0.4 is 5.32 Å². The van der Waals surface area contributed by atoms with E-state index in [4.69, 9.17) is 4.74 Å². The molecule has 2 aliphatic rings. The topological polar surface area (TPSA) is 41.6 Å². The summed E-state index contributed by atoms with van der Waals surface area (Å²) >= 11 is 0. The average Bonchev–Trinajstić information content (AvgIpc) is 2.90. The highest BCUT2D eigenvalue weighted by Gasteiger charge is 2.21. The maximum atomic E-state index is 12.0. The molecule has 2 rings (SSSR count). The zero-order valence-corrected chi connectivity index (χ0v) is 12.7. The molecule has 0 saturated carbocycles. The van der Waals surface area contributed by atoms with Gasteiger partial charge in [0.2, 0.25) is 5.91 Å². The summed E-state index contributed by atoms with van der Waals surface area (Å²) in [5.74, 6) is 1.61. The van der Waals surface area contributed by atoms with Crippen LogP contribution in [0.25, 0.3) is 0 Å². The molecule has 19 heavy (non-hydrogen) atoms. The van der Waals surface area contributed by atoms with E-state index < -0.39 is 0 Å². The normalized spacial score (nSPS) is 23.9. The second-order valence-electron chi connectivity index (χ2n) is 5.74. The summed E-state index contributed by atoms with van der Waals surface area (Å²) in [6, 6.07) is 0. The number of hydrogen-bond donors (Lipinski definition) is 1. The first-order valence-corrected chi connectivity index (χ1v) is 7.28. The minimum Gasteiger partial charge on any atom is -0.381 e. The fourth-order valence-electron chi connectivity index (χ4n) is 2.91. The third-order valence-electron chi connectivity index (χ3n) is 4.21. The molecule has 1 unspecified atom stereocenters. The lowest BCUT2D eigenvalue weighted by Crippen LogP contribution is -2.33. The molecule has 4 nitrogen and oxygen atoms in total. The van der Waals surface area contributed by atoms with E-state index in [1.54, 1.807) is 0 Å². The van der Waals surface area contributed by atoms with E-state index in [1.165, 1.54) is 12.8 Å². The Balaban J connectivity index is 0.00000180. The van der Waals surface area contributed by atoms with Crippen LogP contribution in [0.5, 0.6) is 0 Å². The van der Waals surface area contributed by atoms with E-state index in [9.17, 15) is 4.79 Å². The van der Waals surface area contributed by atoms with Gasteiger partial charge in [0.25, 0.3) is 0 Å². The monoisotopic (exact) mass is 290 g/mol. The summed E-state index contributed by atoms with van der Waals surface area (Å²) in [6.45, 7) is 4.79. The highest BCUT2D eigenvalue weighted by atomic mass is 35.5. The van der Waals surface area contributed by atoms with Crippen molar-refractivity contribution >= 4 is 18.3 Å². The molecular weight excluding hydrogens is 264 g/mol. The van der Waals surface area contributed by atoms with Crippen LogP contribution in [-0.4, -0.2) is 50.7 Å². The summed E-state index contributed by atoms with van der Waals surface area (Å²) in [6.07, 6.45) is 5.34. The lowest BCUT2D eigenvalue weighted by atomic mass is 9.93. The second kappa shape index (κ2) is 8.77. The first-order chi connectivity index (χ1) is 8.75. The molecule has 0 radical (unpaired) electrons. The van der Waals surface area contributed by atoms with Crippen LogP contribution in [0.2, 0.25) is 0 Å². The van der Waals surface area contributed by atoms with Crippen LogP contribution in [0.15, 0.2) is 0 Å². The molecule has 0 aromatic heterocycles. The Kier molecular flexibility index (Phi) is 7.73. The van der Waals surface area contributed by atoms with E-state index in [0.717, 1.165) is 58.0 Å². The molecule has 0 aromatic carbocycles. The third-order valence-corrected chi connectivity index (χ3v) is 4.21. The number of carbonyl (C=O) groups is 1. The standard InChI is InChI=1S/C14H26N2O2.ClH/c1-16(10-13-6-9-18-11-13)14(17)3-2-12-4-7-15-8-5-12;/h12-13,15H,2-11H2,1H3;1H. The molecule has 0 bridgehead atoms. The van der Waals surface area contributed by atoms with E-state index >= 15 is 0 Å². The first-order valence-electron chi connectivity index (χ1n) is 7.28. The molecule has 2 heterocycles. The second-order valence-corrected chi connectivity index (χ2v) is 5.74. The van der Waals surface area contributed by atoms with Crippen LogP contribution in [0.1, 0.15) is 32.1 Å². The van der Waals surface area contributed by atoms with E-state index in [-0.39, 0.29) is 12.4 Å². The molecule has 2 saturated heterocycles. The maximum Gasteiger partial charge on any atom is 0.222 e. The molecule has 2 aliphatic heterocycles. The lowest BCUT2D eigenvalue weighted by Gasteiger charge is -2.24. The number of piperidine rings is 1. The molecule has 112 valence electrons. The molecule has 0 spiro atoms. The number of nitrogens with one attached hydrogen (secondary N) is 1. The van der Waals surface area contributed by atoms with Crippen LogP contribution >= 0.6 is 12.4 Å². The Morgan fingerprint density at radius 3 is 2.63 bits per heavy atom. The summed E-state index contributed by atoms with van der Waals surface area (Å²) < 4.78 is 5.35. The Labute approximate surface area is 122 Å². The molecule has 1 amide bonds. The zero-order valence-electron chi connectivity index (χ0n) is 11.9. The van der Waals surface area contributed by atoms with Crippen molar-refractivity contribution in [2.24, 2.45) is 11.8 Å². The summed E-state index contributed by atoms with van der Waals surface area (Å²) in [5.41, 5.74) is 0. The van der Waals surface area contributed by atoms with Crippen LogP contribution in [-0.2, 0) is 9.53 Å². The number of nitrogens with zero attached hydrogens (tertiary/aromatic N) is 1. The summed E-state index contributed by atoms with van der Waals surface area (Å²) in [7, 11) is 1.93.